The van der Waals surface area contributed by atoms with Gasteiger partial charge in [-0.2, -0.15) is 0 Å². The van der Waals surface area contributed by atoms with Gasteiger partial charge in [0, 0.05) is 39.0 Å². The maximum absolute atomic E-state index is 6.10. The molecule has 0 atom stereocenters. The van der Waals surface area contributed by atoms with Crippen molar-refractivity contribution >= 4 is 5.96 Å². The molecule has 0 aromatic heterocycles. The Labute approximate surface area is 156 Å². The standard InChI is InChI=1S/C22H29N3O/c1-2-23-22(24-16-13-19-9-5-3-6-10-19)25-17-14-21(15-18-25)26-20-11-7-4-8-12-20/h3-12,21H,2,13-18H2,1H3,(H,23,24). The topological polar surface area (TPSA) is 36.9 Å². The maximum Gasteiger partial charge on any atom is 0.193 e. The van der Waals surface area contributed by atoms with Gasteiger partial charge in [0.2, 0.25) is 0 Å². The highest BCUT2D eigenvalue weighted by Gasteiger charge is 2.22. The number of benzene rings is 2. The van der Waals surface area contributed by atoms with Crippen LogP contribution in [0.4, 0.5) is 0 Å². The number of ether oxygens (including phenoxy) is 1. The summed E-state index contributed by atoms with van der Waals surface area (Å²) >= 11 is 0. The van der Waals surface area contributed by atoms with Gasteiger partial charge in [-0.1, -0.05) is 48.5 Å². The van der Waals surface area contributed by atoms with Crippen LogP contribution in [0.25, 0.3) is 0 Å². The average Bonchev–Trinajstić information content (AvgIpc) is 2.70. The molecule has 1 aliphatic rings. The number of nitrogens with one attached hydrogen (secondary N) is 1. The lowest BCUT2D eigenvalue weighted by Crippen LogP contribution is -2.47. The van der Waals surface area contributed by atoms with E-state index >= 15 is 0 Å². The minimum Gasteiger partial charge on any atom is -0.490 e. The highest BCUT2D eigenvalue weighted by molar-refractivity contribution is 5.80. The molecule has 1 N–H and O–H groups in total. The summed E-state index contributed by atoms with van der Waals surface area (Å²) in [5.41, 5.74) is 1.34. The molecule has 1 aliphatic heterocycles. The van der Waals surface area contributed by atoms with Crippen molar-refractivity contribution in [2.45, 2.75) is 32.3 Å². The molecule has 0 bridgehead atoms. The zero-order valence-electron chi connectivity index (χ0n) is 15.6. The summed E-state index contributed by atoms with van der Waals surface area (Å²) in [6, 6.07) is 20.7. The van der Waals surface area contributed by atoms with Gasteiger partial charge in [-0.3, -0.25) is 4.99 Å². The molecule has 3 rings (SSSR count). The number of piperidine rings is 1. The van der Waals surface area contributed by atoms with Crippen molar-refractivity contribution in [3.05, 3.63) is 66.2 Å². The first-order valence-corrected chi connectivity index (χ1v) is 9.64. The Morgan fingerprint density at radius 2 is 1.69 bits per heavy atom. The number of nitrogens with zero attached hydrogens (tertiary/aromatic N) is 2. The summed E-state index contributed by atoms with van der Waals surface area (Å²) in [6.45, 7) is 5.79. The van der Waals surface area contributed by atoms with Crippen molar-refractivity contribution in [1.29, 1.82) is 0 Å². The first-order valence-electron chi connectivity index (χ1n) is 9.64. The molecule has 2 aromatic carbocycles. The van der Waals surface area contributed by atoms with Gasteiger partial charge in [-0.15, -0.1) is 0 Å². The quantitative estimate of drug-likeness (QED) is 0.636. The van der Waals surface area contributed by atoms with Crippen LogP contribution in [0.3, 0.4) is 0 Å². The number of likely N-dealkylation sites (tertiary alicyclic amines) is 1. The molecule has 138 valence electrons. The van der Waals surface area contributed by atoms with Gasteiger partial charge < -0.3 is 15.0 Å². The van der Waals surface area contributed by atoms with Crippen LogP contribution in [0, 0.1) is 0 Å². The van der Waals surface area contributed by atoms with Gasteiger partial charge in [0.05, 0.1) is 0 Å². The Bertz CT molecular complexity index is 664. The Morgan fingerprint density at radius 3 is 2.35 bits per heavy atom. The van der Waals surface area contributed by atoms with E-state index in [0.717, 1.165) is 57.2 Å². The van der Waals surface area contributed by atoms with E-state index < -0.39 is 0 Å². The monoisotopic (exact) mass is 351 g/mol. The van der Waals surface area contributed by atoms with Crippen molar-refractivity contribution in [2.75, 3.05) is 26.2 Å². The molecule has 4 heteroatoms. The first kappa shape index (κ1) is 18.3. The molecule has 2 aromatic rings. The van der Waals surface area contributed by atoms with Crippen LogP contribution < -0.4 is 10.1 Å². The molecule has 0 radical (unpaired) electrons. The zero-order valence-corrected chi connectivity index (χ0v) is 15.6. The van der Waals surface area contributed by atoms with E-state index in [9.17, 15) is 0 Å². The second-order valence-corrected chi connectivity index (χ2v) is 6.59. The number of guanidine groups is 1. The third kappa shape index (κ3) is 5.51. The van der Waals surface area contributed by atoms with E-state index in [-0.39, 0.29) is 0 Å². The number of aliphatic imine (C=N–C) groups is 1. The van der Waals surface area contributed by atoms with E-state index in [4.69, 9.17) is 9.73 Å². The summed E-state index contributed by atoms with van der Waals surface area (Å²) < 4.78 is 6.10. The summed E-state index contributed by atoms with van der Waals surface area (Å²) in [6.07, 6.45) is 3.32. The van der Waals surface area contributed by atoms with Crippen molar-refractivity contribution < 1.29 is 4.74 Å². The van der Waals surface area contributed by atoms with E-state index in [2.05, 4.69) is 47.5 Å². The predicted molar refractivity (Wildman–Crippen MR) is 108 cm³/mol. The van der Waals surface area contributed by atoms with E-state index in [1.165, 1.54) is 5.56 Å². The molecule has 1 fully saturated rings. The van der Waals surface area contributed by atoms with Crippen LogP contribution in [0.5, 0.6) is 5.75 Å². The molecule has 0 aliphatic carbocycles. The highest BCUT2D eigenvalue weighted by atomic mass is 16.5. The molecule has 1 saturated heterocycles. The first-order chi connectivity index (χ1) is 12.8. The van der Waals surface area contributed by atoms with Crippen LogP contribution in [0.1, 0.15) is 25.3 Å². The molecule has 26 heavy (non-hydrogen) atoms. The van der Waals surface area contributed by atoms with E-state index in [1.54, 1.807) is 0 Å². The van der Waals surface area contributed by atoms with Crippen molar-refractivity contribution in [1.82, 2.24) is 10.2 Å². The lowest BCUT2D eigenvalue weighted by atomic mass is 10.1. The van der Waals surface area contributed by atoms with E-state index in [0.29, 0.717) is 6.10 Å². The van der Waals surface area contributed by atoms with Gasteiger partial charge in [-0.25, -0.2) is 0 Å². The minimum atomic E-state index is 0.292. The molecule has 0 amide bonds. The number of rotatable bonds is 6. The summed E-state index contributed by atoms with van der Waals surface area (Å²) in [5, 5.41) is 3.44. The van der Waals surface area contributed by atoms with Crippen molar-refractivity contribution in [3.8, 4) is 5.75 Å². The fraction of sp³-hybridized carbons (Fsp3) is 0.409. The molecule has 1 heterocycles. The van der Waals surface area contributed by atoms with Gasteiger partial charge in [-0.05, 0) is 31.0 Å². The second-order valence-electron chi connectivity index (χ2n) is 6.59. The maximum atomic E-state index is 6.10. The van der Waals surface area contributed by atoms with Crippen LogP contribution in [-0.2, 0) is 6.42 Å². The van der Waals surface area contributed by atoms with Gasteiger partial charge in [0.15, 0.2) is 5.96 Å². The molecular weight excluding hydrogens is 322 g/mol. The van der Waals surface area contributed by atoms with Gasteiger partial charge in [0.1, 0.15) is 11.9 Å². The minimum absolute atomic E-state index is 0.292. The lowest BCUT2D eigenvalue weighted by Gasteiger charge is -2.34. The number of hydrogen-bond donors (Lipinski definition) is 1. The molecule has 0 saturated carbocycles. The third-order valence-corrected chi connectivity index (χ3v) is 4.63. The second kappa shape index (κ2) is 9.85. The SMILES string of the molecule is CCNC(=NCCc1ccccc1)N1CCC(Oc2ccccc2)CC1. The van der Waals surface area contributed by atoms with E-state index in [1.807, 2.05) is 30.3 Å². The third-order valence-electron chi connectivity index (χ3n) is 4.63. The average molecular weight is 351 g/mol. The summed E-state index contributed by atoms with van der Waals surface area (Å²) in [4.78, 5) is 7.19. The largest absolute Gasteiger partial charge is 0.490 e. The smallest absolute Gasteiger partial charge is 0.193 e. The fourth-order valence-electron chi connectivity index (χ4n) is 3.24. The Balaban J connectivity index is 1.50. The van der Waals surface area contributed by atoms with Crippen LogP contribution >= 0.6 is 0 Å². The van der Waals surface area contributed by atoms with Gasteiger partial charge in [0.25, 0.3) is 0 Å². The molecule has 4 nitrogen and oxygen atoms in total. The predicted octanol–water partition coefficient (Wildman–Crippen LogP) is 3.74. The number of para-hydroxylation sites is 1. The fourth-order valence-corrected chi connectivity index (χ4v) is 3.24. The van der Waals surface area contributed by atoms with Crippen LogP contribution in [0.15, 0.2) is 65.7 Å². The number of hydrogen-bond acceptors (Lipinski definition) is 2. The highest BCUT2D eigenvalue weighted by Crippen LogP contribution is 2.18. The summed E-state index contributed by atoms with van der Waals surface area (Å²) in [7, 11) is 0. The Hall–Kier alpha value is -2.49. The van der Waals surface area contributed by atoms with Crippen molar-refractivity contribution in [2.24, 2.45) is 4.99 Å². The Morgan fingerprint density at radius 1 is 1.04 bits per heavy atom. The van der Waals surface area contributed by atoms with Crippen LogP contribution in [0.2, 0.25) is 0 Å². The van der Waals surface area contributed by atoms with Gasteiger partial charge >= 0.3 is 0 Å². The van der Waals surface area contributed by atoms with Crippen LogP contribution in [-0.4, -0.2) is 43.1 Å². The molecule has 0 spiro atoms. The molecule has 0 unspecified atom stereocenters. The lowest BCUT2D eigenvalue weighted by molar-refractivity contribution is 0.129. The summed E-state index contributed by atoms with van der Waals surface area (Å²) in [5.74, 6) is 2.00. The normalized spacial score (nSPS) is 15.7. The zero-order chi connectivity index (χ0) is 18.0. The Kier molecular flexibility index (Phi) is 6.94. The molecular formula is C22H29N3O. The van der Waals surface area contributed by atoms with Crippen molar-refractivity contribution in [3.63, 3.8) is 0 Å².